The second-order valence-corrected chi connectivity index (χ2v) is 3.78. The molecule has 0 saturated carbocycles. The number of rotatable bonds is 7. The van der Waals surface area contributed by atoms with Crippen molar-refractivity contribution in [3.8, 4) is 0 Å². The minimum absolute atomic E-state index is 0.0688. The molecule has 0 spiro atoms. The molecule has 0 N–H and O–H groups in total. The summed E-state index contributed by atoms with van der Waals surface area (Å²) in [6, 6.07) is 9.76. The van der Waals surface area contributed by atoms with Crippen LogP contribution in [-0.4, -0.2) is 38.0 Å². The third-order valence-electron chi connectivity index (χ3n) is 2.44. The van der Waals surface area contributed by atoms with Gasteiger partial charge in [0.05, 0.1) is 13.7 Å². The maximum absolute atomic E-state index is 11.6. The summed E-state index contributed by atoms with van der Waals surface area (Å²) in [6.45, 7) is 2.19. The molecule has 0 aliphatic carbocycles. The summed E-state index contributed by atoms with van der Waals surface area (Å²) in [6.07, 6.45) is -0.592. The van der Waals surface area contributed by atoms with E-state index in [1.807, 2.05) is 30.3 Å². The molecule has 1 atom stereocenters. The molecule has 0 unspecified atom stereocenters. The van der Waals surface area contributed by atoms with Crippen molar-refractivity contribution in [1.29, 1.82) is 0 Å². The lowest BCUT2D eigenvalue weighted by molar-refractivity contribution is -0.187. The Kier molecular flexibility index (Phi) is 6.35. The molecule has 1 aromatic carbocycles. The number of hydrogen-bond acceptors (Lipinski definition) is 4. The lowest BCUT2D eigenvalue weighted by Crippen LogP contribution is -2.35. The molecule has 1 amide bonds. The van der Waals surface area contributed by atoms with Gasteiger partial charge in [-0.05, 0) is 12.5 Å². The molecular weight excluding hydrogens is 234 g/mol. The normalized spacial score (nSPS) is 12.2. The zero-order chi connectivity index (χ0) is 13.4. The molecule has 100 valence electrons. The zero-order valence-corrected chi connectivity index (χ0v) is 11.0. The summed E-state index contributed by atoms with van der Waals surface area (Å²) in [5.74, 6) is -0.249. The Bertz CT molecular complexity index is 355. The minimum atomic E-state index is -0.592. The molecule has 0 heterocycles. The molecule has 5 nitrogen and oxygen atoms in total. The fourth-order valence-electron chi connectivity index (χ4n) is 1.30. The van der Waals surface area contributed by atoms with Gasteiger partial charge < -0.3 is 9.47 Å². The van der Waals surface area contributed by atoms with E-state index in [0.717, 1.165) is 10.6 Å². The highest BCUT2D eigenvalue weighted by atomic mass is 16.7. The fraction of sp³-hybridized carbons (Fsp3) is 0.462. The predicted molar refractivity (Wildman–Crippen MR) is 66.4 cm³/mol. The van der Waals surface area contributed by atoms with E-state index in [1.165, 1.54) is 14.2 Å². The first-order valence-electron chi connectivity index (χ1n) is 5.70. The summed E-state index contributed by atoms with van der Waals surface area (Å²) < 4.78 is 10.6. The van der Waals surface area contributed by atoms with Gasteiger partial charge in [-0.3, -0.25) is 9.63 Å². The quantitative estimate of drug-likeness (QED) is 0.420. The molecule has 0 fully saturated rings. The minimum Gasteiger partial charge on any atom is -0.351 e. The van der Waals surface area contributed by atoms with Gasteiger partial charge in [0.25, 0.3) is 5.91 Å². The Morgan fingerprint density at radius 1 is 1.33 bits per heavy atom. The van der Waals surface area contributed by atoms with Gasteiger partial charge in [0.1, 0.15) is 12.9 Å². The van der Waals surface area contributed by atoms with E-state index >= 15 is 0 Å². The van der Waals surface area contributed by atoms with Crippen molar-refractivity contribution in [2.24, 2.45) is 0 Å². The lowest BCUT2D eigenvalue weighted by atomic mass is 10.2. The van der Waals surface area contributed by atoms with E-state index in [9.17, 15) is 4.79 Å². The van der Waals surface area contributed by atoms with Gasteiger partial charge >= 0.3 is 0 Å². The first-order chi connectivity index (χ1) is 8.65. The van der Waals surface area contributed by atoms with Gasteiger partial charge in [-0.25, -0.2) is 5.06 Å². The smallest absolute Gasteiger partial charge is 0.274 e. The van der Waals surface area contributed by atoms with Crippen LogP contribution >= 0.6 is 0 Å². The Morgan fingerprint density at radius 2 is 2.00 bits per heavy atom. The highest BCUT2D eigenvalue weighted by Gasteiger charge is 2.17. The van der Waals surface area contributed by atoms with Crippen molar-refractivity contribution in [2.45, 2.75) is 19.6 Å². The number of benzene rings is 1. The van der Waals surface area contributed by atoms with Crippen molar-refractivity contribution in [3.05, 3.63) is 35.9 Å². The van der Waals surface area contributed by atoms with Gasteiger partial charge in [-0.2, -0.15) is 0 Å². The third-order valence-corrected chi connectivity index (χ3v) is 2.44. The number of carbonyl (C=O) groups is 1. The van der Waals surface area contributed by atoms with E-state index in [2.05, 4.69) is 0 Å². The van der Waals surface area contributed by atoms with Crippen LogP contribution in [0.5, 0.6) is 0 Å². The monoisotopic (exact) mass is 253 g/mol. The van der Waals surface area contributed by atoms with Crippen LogP contribution in [-0.2, 0) is 25.7 Å². The molecule has 1 rings (SSSR count). The van der Waals surface area contributed by atoms with Crippen LogP contribution in [0.25, 0.3) is 0 Å². The second kappa shape index (κ2) is 7.81. The first-order valence-corrected chi connectivity index (χ1v) is 5.70. The van der Waals surface area contributed by atoms with Gasteiger partial charge in [0.2, 0.25) is 0 Å². The maximum Gasteiger partial charge on any atom is 0.274 e. The Labute approximate surface area is 107 Å². The largest absolute Gasteiger partial charge is 0.351 e. The number of nitrogens with zero attached hydrogens (tertiary/aromatic N) is 1. The molecule has 0 saturated heterocycles. The number of carbonyl (C=O) groups excluding carboxylic acids is 1. The number of likely N-dealkylation sites (N-methyl/N-ethyl adjacent to an activating group) is 1. The van der Waals surface area contributed by atoms with Crippen molar-refractivity contribution in [1.82, 2.24) is 5.06 Å². The molecular formula is C13H19NO4. The van der Waals surface area contributed by atoms with Crippen LogP contribution in [0.1, 0.15) is 12.5 Å². The van der Waals surface area contributed by atoms with E-state index < -0.39 is 6.10 Å². The number of ether oxygens (including phenoxy) is 2. The maximum atomic E-state index is 11.6. The molecule has 18 heavy (non-hydrogen) atoms. The molecule has 0 aliphatic rings. The number of amides is 1. The molecule has 0 aromatic heterocycles. The van der Waals surface area contributed by atoms with Crippen molar-refractivity contribution in [3.63, 3.8) is 0 Å². The van der Waals surface area contributed by atoms with Gasteiger partial charge in [-0.1, -0.05) is 30.3 Å². The van der Waals surface area contributed by atoms with E-state index in [1.54, 1.807) is 6.92 Å². The summed E-state index contributed by atoms with van der Waals surface area (Å²) in [5.41, 5.74) is 1.06. The summed E-state index contributed by atoms with van der Waals surface area (Å²) in [4.78, 5) is 16.3. The predicted octanol–water partition coefficient (Wildman–Crippen LogP) is 1.59. The molecule has 5 heteroatoms. The number of hydrogen-bond donors (Lipinski definition) is 0. The average Bonchev–Trinajstić information content (AvgIpc) is 2.42. The molecule has 0 bridgehead atoms. The molecule has 1 aromatic rings. The van der Waals surface area contributed by atoms with Crippen LogP contribution in [0.4, 0.5) is 0 Å². The highest BCUT2D eigenvalue weighted by Crippen LogP contribution is 2.02. The Morgan fingerprint density at radius 3 is 2.61 bits per heavy atom. The van der Waals surface area contributed by atoms with Crippen LogP contribution in [0.2, 0.25) is 0 Å². The topological polar surface area (TPSA) is 48.0 Å². The van der Waals surface area contributed by atoms with Crippen LogP contribution < -0.4 is 0 Å². The van der Waals surface area contributed by atoms with Crippen LogP contribution in [0.3, 0.4) is 0 Å². The molecule has 0 aliphatic heterocycles. The van der Waals surface area contributed by atoms with Crippen molar-refractivity contribution >= 4 is 5.91 Å². The fourth-order valence-corrected chi connectivity index (χ4v) is 1.30. The van der Waals surface area contributed by atoms with E-state index in [4.69, 9.17) is 14.3 Å². The second-order valence-electron chi connectivity index (χ2n) is 3.78. The third kappa shape index (κ3) is 4.83. The Balaban J connectivity index is 2.20. The SMILES string of the molecule is CON(C)C(=O)[C@H](C)OCOCc1ccccc1. The highest BCUT2D eigenvalue weighted by molar-refractivity contribution is 5.79. The van der Waals surface area contributed by atoms with Gasteiger partial charge in [0, 0.05) is 7.05 Å². The average molecular weight is 253 g/mol. The number of hydroxylamine groups is 2. The summed E-state index contributed by atoms with van der Waals surface area (Å²) in [7, 11) is 2.96. The summed E-state index contributed by atoms with van der Waals surface area (Å²) >= 11 is 0. The van der Waals surface area contributed by atoms with Gasteiger partial charge in [-0.15, -0.1) is 0 Å². The van der Waals surface area contributed by atoms with Crippen LogP contribution in [0, 0.1) is 0 Å². The Hall–Kier alpha value is -1.43. The zero-order valence-electron chi connectivity index (χ0n) is 11.0. The van der Waals surface area contributed by atoms with Gasteiger partial charge in [0.15, 0.2) is 0 Å². The standard InChI is InChI=1S/C13H19NO4/c1-11(13(15)14(2)16-3)18-10-17-9-12-7-5-4-6-8-12/h4-8,11H,9-10H2,1-3H3/t11-/m0/s1. The summed E-state index contributed by atoms with van der Waals surface area (Å²) in [5, 5.41) is 1.13. The molecule has 0 radical (unpaired) electrons. The van der Waals surface area contributed by atoms with E-state index in [-0.39, 0.29) is 12.7 Å². The van der Waals surface area contributed by atoms with Crippen molar-refractivity contribution < 1.29 is 19.1 Å². The van der Waals surface area contributed by atoms with Crippen molar-refractivity contribution in [2.75, 3.05) is 21.0 Å². The van der Waals surface area contributed by atoms with E-state index in [0.29, 0.717) is 6.61 Å². The van der Waals surface area contributed by atoms with Crippen LogP contribution in [0.15, 0.2) is 30.3 Å². The lowest BCUT2D eigenvalue weighted by Gasteiger charge is -2.18. The first kappa shape index (κ1) is 14.6.